The number of aliphatic hydroxyl groups is 1. The summed E-state index contributed by atoms with van der Waals surface area (Å²) in [6.45, 7) is 0.747. The Labute approximate surface area is 134 Å². The molecule has 112 valence electrons. The van der Waals surface area contributed by atoms with E-state index in [4.69, 9.17) is 27.9 Å². The fourth-order valence-corrected chi connectivity index (χ4v) is 5.23. The molecule has 2 nitrogen and oxygen atoms in total. The van der Waals surface area contributed by atoms with Gasteiger partial charge in [0.25, 0.3) is 0 Å². The summed E-state index contributed by atoms with van der Waals surface area (Å²) in [6, 6.07) is 1.81. The standard InChI is InChI=1S/C15H20Cl2O2S/c16-12-8-11(14(17)20-12)13(18)10-4-7-19-15(9-10)5-2-1-3-6-15/h8,10,13,18H,1-7,9H2. The van der Waals surface area contributed by atoms with Crippen molar-refractivity contribution in [1.82, 2.24) is 0 Å². The van der Waals surface area contributed by atoms with Crippen LogP contribution in [-0.4, -0.2) is 17.3 Å². The number of hydrogen-bond acceptors (Lipinski definition) is 3. The molecule has 1 spiro atoms. The summed E-state index contributed by atoms with van der Waals surface area (Å²) in [5.74, 6) is 0.227. The van der Waals surface area contributed by atoms with E-state index in [1.807, 2.05) is 6.07 Å². The van der Waals surface area contributed by atoms with Gasteiger partial charge in [0, 0.05) is 12.2 Å². The summed E-state index contributed by atoms with van der Waals surface area (Å²) in [7, 11) is 0. The van der Waals surface area contributed by atoms with Crippen LogP contribution in [0.4, 0.5) is 0 Å². The molecule has 2 atom stereocenters. The maximum Gasteiger partial charge on any atom is 0.100 e. The molecule has 1 aliphatic heterocycles. The summed E-state index contributed by atoms with van der Waals surface area (Å²) in [5, 5.41) is 10.7. The fraction of sp³-hybridized carbons (Fsp3) is 0.733. The Bertz CT molecular complexity index is 463. The first-order valence-corrected chi connectivity index (χ1v) is 8.94. The van der Waals surface area contributed by atoms with Gasteiger partial charge in [0.1, 0.15) is 4.34 Å². The first-order chi connectivity index (χ1) is 9.60. The van der Waals surface area contributed by atoms with E-state index in [2.05, 4.69) is 0 Å². The Balaban J connectivity index is 1.74. The van der Waals surface area contributed by atoms with Crippen LogP contribution in [0, 0.1) is 5.92 Å². The predicted molar refractivity (Wildman–Crippen MR) is 83.8 cm³/mol. The minimum Gasteiger partial charge on any atom is -0.388 e. The molecule has 0 radical (unpaired) electrons. The number of halogens is 2. The van der Waals surface area contributed by atoms with Crippen molar-refractivity contribution in [3.63, 3.8) is 0 Å². The van der Waals surface area contributed by atoms with Crippen molar-refractivity contribution in [2.75, 3.05) is 6.61 Å². The van der Waals surface area contributed by atoms with Gasteiger partial charge in [0.2, 0.25) is 0 Å². The molecule has 1 N–H and O–H groups in total. The second-order valence-corrected chi connectivity index (χ2v) is 8.35. The van der Waals surface area contributed by atoms with Crippen molar-refractivity contribution in [2.24, 2.45) is 5.92 Å². The smallest absolute Gasteiger partial charge is 0.100 e. The van der Waals surface area contributed by atoms with Crippen molar-refractivity contribution >= 4 is 34.5 Å². The summed E-state index contributed by atoms with van der Waals surface area (Å²) in [4.78, 5) is 0. The van der Waals surface area contributed by atoms with Crippen molar-refractivity contribution in [2.45, 2.75) is 56.7 Å². The van der Waals surface area contributed by atoms with Gasteiger partial charge in [-0.1, -0.05) is 42.5 Å². The highest BCUT2D eigenvalue weighted by Gasteiger charge is 2.41. The summed E-state index contributed by atoms with van der Waals surface area (Å²) < 4.78 is 7.35. The van der Waals surface area contributed by atoms with Gasteiger partial charge in [0.05, 0.1) is 16.0 Å². The van der Waals surface area contributed by atoms with Gasteiger partial charge >= 0.3 is 0 Å². The summed E-state index contributed by atoms with van der Waals surface area (Å²) in [5.41, 5.74) is 0.800. The molecule has 1 saturated carbocycles. The van der Waals surface area contributed by atoms with Crippen molar-refractivity contribution in [3.8, 4) is 0 Å². The van der Waals surface area contributed by atoms with E-state index in [0.717, 1.165) is 37.9 Å². The topological polar surface area (TPSA) is 29.5 Å². The Morgan fingerprint density at radius 2 is 2.05 bits per heavy atom. The maximum atomic E-state index is 10.7. The Hall–Kier alpha value is 0.200. The van der Waals surface area contributed by atoms with Crippen LogP contribution in [0.5, 0.6) is 0 Å². The molecule has 1 aromatic heterocycles. The molecule has 3 rings (SSSR count). The first-order valence-electron chi connectivity index (χ1n) is 7.36. The molecule has 0 bridgehead atoms. The second kappa shape index (κ2) is 6.13. The molecule has 0 amide bonds. The molecule has 0 aromatic carbocycles. The quantitative estimate of drug-likeness (QED) is 0.803. The van der Waals surface area contributed by atoms with E-state index in [9.17, 15) is 5.11 Å². The van der Waals surface area contributed by atoms with Crippen LogP contribution >= 0.6 is 34.5 Å². The van der Waals surface area contributed by atoms with E-state index in [0.29, 0.717) is 8.67 Å². The van der Waals surface area contributed by atoms with Gasteiger partial charge < -0.3 is 9.84 Å². The van der Waals surface area contributed by atoms with Gasteiger partial charge in [0.15, 0.2) is 0 Å². The van der Waals surface area contributed by atoms with E-state index in [1.165, 1.54) is 30.6 Å². The SMILES string of the molecule is OC(c1cc(Cl)sc1Cl)C1CCOC2(CCCCC2)C1. The number of aliphatic hydroxyl groups excluding tert-OH is 1. The highest BCUT2D eigenvalue weighted by molar-refractivity contribution is 7.20. The predicted octanol–water partition coefficient (Wildman–Crippen LogP) is 5.22. The molecular weight excluding hydrogens is 315 g/mol. The zero-order valence-corrected chi connectivity index (χ0v) is 13.7. The van der Waals surface area contributed by atoms with Crippen molar-refractivity contribution in [1.29, 1.82) is 0 Å². The van der Waals surface area contributed by atoms with Gasteiger partial charge in [-0.15, -0.1) is 11.3 Å². The molecule has 2 heterocycles. The van der Waals surface area contributed by atoms with Gasteiger partial charge in [-0.25, -0.2) is 0 Å². The Kier molecular flexibility index (Phi) is 4.63. The fourth-order valence-electron chi connectivity index (χ4n) is 3.69. The number of ether oxygens (including phenoxy) is 1. The minimum atomic E-state index is -0.519. The third kappa shape index (κ3) is 3.02. The maximum absolute atomic E-state index is 10.7. The molecule has 1 saturated heterocycles. The normalized spacial score (nSPS) is 27.6. The van der Waals surface area contributed by atoms with Crippen LogP contribution in [0.15, 0.2) is 6.07 Å². The van der Waals surface area contributed by atoms with E-state index < -0.39 is 6.10 Å². The van der Waals surface area contributed by atoms with Crippen LogP contribution < -0.4 is 0 Å². The largest absolute Gasteiger partial charge is 0.388 e. The monoisotopic (exact) mass is 334 g/mol. The van der Waals surface area contributed by atoms with Crippen LogP contribution in [0.25, 0.3) is 0 Å². The lowest BCUT2D eigenvalue weighted by Crippen LogP contribution is -2.42. The number of thiophene rings is 1. The zero-order chi connectivity index (χ0) is 14.2. The van der Waals surface area contributed by atoms with Gasteiger partial charge in [-0.3, -0.25) is 0 Å². The van der Waals surface area contributed by atoms with Crippen LogP contribution in [0.1, 0.15) is 56.6 Å². The van der Waals surface area contributed by atoms with E-state index in [1.54, 1.807) is 0 Å². The highest BCUT2D eigenvalue weighted by atomic mass is 35.5. The van der Waals surface area contributed by atoms with E-state index in [-0.39, 0.29) is 11.5 Å². The van der Waals surface area contributed by atoms with Crippen molar-refractivity contribution < 1.29 is 9.84 Å². The third-order valence-electron chi connectivity index (χ3n) is 4.74. The zero-order valence-electron chi connectivity index (χ0n) is 11.4. The highest BCUT2D eigenvalue weighted by Crippen LogP contribution is 2.46. The van der Waals surface area contributed by atoms with E-state index >= 15 is 0 Å². The first kappa shape index (κ1) is 15.1. The average Bonchev–Trinajstić information content (AvgIpc) is 2.78. The Morgan fingerprint density at radius 3 is 2.70 bits per heavy atom. The molecule has 2 fully saturated rings. The lowest BCUT2D eigenvalue weighted by atomic mass is 9.74. The van der Waals surface area contributed by atoms with Gasteiger partial charge in [-0.05, 0) is 37.7 Å². The van der Waals surface area contributed by atoms with Crippen LogP contribution in [0.3, 0.4) is 0 Å². The molecule has 1 aromatic rings. The number of hydrogen-bond donors (Lipinski definition) is 1. The molecule has 2 unspecified atom stereocenters. The van der Waals surface area contributed by atoms with Crippen LogP contribution in [-0.2, 0) is 4.74 Å². The molecule has 1 aliphatic carbocycles. The van der Waals surface area contributed by atoms with Crippen molar-refractivity contribution in [3.05, 3.63) is 20.3 Å². The third-order valence-corrected chi connectivity index (χ3v) is 6.26. The lowest BCUT2D eigenvalue weighted by Gasteiger charge is -2.44. The lowest BCUT2D eigenvalue weighted by molar-refractivity contribution is -0.134. The summed E-state index contributed by atoms with van der Waals surface area (Å²) >= 11 is 13.5. The molecule has 2 aliphatic rings. The Morgan fingerprint density at radius 1 is 1.30 bits per heavy atom. The van der Waals surface area contributed by atoms with Gasteiger partial charge in [-0.2, -0.15) is 0 Å². The molecular formula is C15H20Cl2O2S. The van der Waals surface area contributed by atoms with Crippen LogP contribution in [0.2, 0.25) is 8.67 Å². The average molecular weight is 335 g/mol. The summed E-state index contributed by atoms with van der Waals surface area (Å²) in [6.07, 6.45) is 7.38. The minimum absolute atomic E-state index is 0.00837. The molecule has 5 heteroatoms. The molecule has 20 heavy (non-hydrogen) atoms. The number of rotatable bonds is 2. The second-order valence-electron chi connectivity index (χ2n) is 6.07.